The van der Waals surface area contributed by atoms with Crippen molar-refractivity contribution in [3.63, 3.8) is 0 Å². The van der Waals surface area contributed by atoms with Gasteiger partial charge in [-0.15, -0.1) is 0 Å². The molecule has 0 spiro atoms. The highest BCUT2D eigenvalue weighted by molar-refractivity contribution is 5.79. The molecule has 100 valence electrons. The van der Waals surface area contributed by atoms with Crippen molar-refractivity contribution >= 4 is 5.91 Å². The number of nitrogens with one attached hydrogen (secondary N) is 1. The fourth-order valence-electron chi connectivity index (χ4n) is 2.47. The standard InChI is InChI=1S/C13H22N4O/c1-11(17-9-5-8-16-17)12(18)15-10-13(14)6-3-2-4-7-13/h5,8-9,11H,2-4,6-7,10,14H2,1H3,(H,15,18). The molecule has 0 aromatic carbocycles. The predicted octanol–water partition coefficient (Wildman–Crippen LogP) is 1.22. The van der Waals surface area contributed by atoms with E-state index in [4.69, 9.17) is 5.73 Å². The van der Waals surface area contributed by atoms with Crippen molar-refractivity contribution in [1.29, 1.82) is 0 Å². The van der Waals surface area contributed by atoms with Crippen molar-refractivity contribution in [3.05, 3.63) is 18.5 Å². The highest BCUT2D eigenvalue weighted by Gasteiger charge is 2.28. The van der Waals surface area contributed by atoms with Gasteiger partial charge in [-0.3, -0.25) is 9.48 Å². The lowest BCUT2D eigenvalue weighted by molar-refractivity contribution is -0.124. The molecule has 1 heterocycles. The van der Waals surface area contributed by atoms with Crippen molar-refractivity contribution in [2.45, 2.75) is 50.6 Å². The van der Waals surface area contributed by atoms with E-state index in [9.17, 15) is 4.79 Å². The minimum Gasteiger partial charge on any atom is -0.352 e. The normalized spacial score (nSPS) is 20.3. The van der Waals surface area contributed by atoms with E-state index in [1.54, 1.807) is 17.1 Å². The van der Waals surface area contributed by atoms with Gasteiger partial charge in [0.25, 0.3) is 0 Å². The van der Waals surface area contributed by atoms with Gasteiger partial charge in [-0.05, 0) is 25.8 Å². The van der Waals surface area contributed by atoms with E-state index in [1.807, 2.05) is 13.0 Å². The number of nitrogens with zero attached hydrogens (tertiary/aromatic N) is 2. The van der Waals surface area contributed by atoms with Gasteiger partial charge in [0.05, 0.1) is 0 Å². The molecule has 1 aromatic heterocycles. The maximum absolute atomic E-state index is 12.0. The van der Waals surface area contributed by atoms with Crippen LogP contribution in [-0.4, -0.2) is 27.8 Å². The van der Waals surface area contributed by atoms with E-state index in [2.05, 4.69) is 10.4 Å². The monoisotopic (exact) mass is 250 g/mol. The van der Waals surface area contributed by atoms with Crippen LogP contribution in [0.2, 0.25) is 0 Å². The Morgan fingerprint density at radius 1 is 1.50 bits per heavy atom. The first-order valence-corrected chi connectivity index (χ1v) is 6.66. The molecule has 1 saturated carbocycles. The van der Waals surface area contributed by atoms with Crippen LogP contribution in [0.3, 0.4) is 0 Å². The Balaban J connectivity index is 1.84. The van der Waals surface area contributed by atoms with Crippen LogP contribution in [0.5, 0.6) is 0 Å². The van der Waals surface area contributed by atoms with Crippen molar-refractivity contribution in [2.75, 3.05) is 6.54 Å². The van der Waals surface area contributed by atoms with E-state index in [0.29, 0.717) is 6.54 Å². The molecule has 3 N–H and O–H groups in total. The summed E-state index contributed by atoms with van der Waals surface area (Å²) in [5.41, 5.74) is 6.08. The number of hydrogen-bond donors (Lipinski definition) is 2. The van der Waals surface area contributed by atoms with Crippen molar-refractivity contribution in [1.82, 2.24) is 15.1 Å². The summed E-state index contributed by atoms with van der Waals surface area (Å²) >= 11 is 0. The highest BCUT2D eigenvalue weighted by Crippen LogP contribution is 2.25. The fraction of sp³-hybridized carbons (Fsp3) is 0.692. The molecule has 0 radical (unpaired) electrons. The molecule has 0 bridgehead atoms. The SMILES string of the molecule is CC(C(=O)NCC1(N)CCCCC1)n1cccn1. The van der Waals surface area contributed by atoms with Crippen molar-refractivity contribution < 1.29 is 4.79 Å². The number of nitrogens with two attached hydrogens (primary N) is 1. The molecule has 1 fully saturated rings. The summed E-state index contributed by atoms with van der Waals surface area (Å²) in [6, 6.07) is 1.53. The number of amides is 1. The number of carbonyl (C=O) groups excluding carboxylic acids is 1. The lowest BCUT2D eigenvalue weighted by atomic mass is 9.82. The highest BCUT2D eigenvalue weighted by atomic mass is 16.2. The van der Waals surface area contributed by atoms with Gasteiger partial charge in [-0.25, -0.2) is 0 Å². The number of aromatic nitrogens is 2. The molecule has 2 rings (SSSR count). The Bertz CT molecular complexity index is 382. The van der Waals surface area contributed by atoms with Gasteiger partial charge in [-0.1, -0.05) is 19.3 Å². The lowest BCUT2D eigenvalue weighted by Crippen LogP contribution is -2.52. The Kier molecular flexibility index (Phi) is 4.01. The van der Waals surface area contributed by atoms with E-state index < -0.39 is 0 Å². The second-order valence-corrected chi connectivity index (χ2v) is 5.30. The summed E-state index contributed by atoms with van der Waals surface area (Å²) in [6.07, 6.45) is 9.07. The molecule has 1 aliphatic rings. The molecule has 0 aliphatic heterocycles. The van der Waals surface area contributed by atoms with Gasteiger partial charge in [0.1, 0.15) is 6.04 Å². The first kappa shape index (κ1) is 13.1. The van der Waals surface area contributed by atoms with Crippen LogP contribution in [0.1, 0.15) is 45.1 Å². The first-order chi connectivity index (χ1) is 8.61. The van der Waals surface area contributed by atoms with Crippen molar-refractivity contribution in [3.8, 4) is 0 Å². The average Bonchev–Trinajstić information content (AvgIpc) is 2.90. The third kappa shape index (κ3) is 3.10. The van der Waals surface area contributed by atoms with Gasteiger partial charge in [0.15, 0.2) is 0 Å². The topological polar surface area (TPSA) is 72.9 Å². The molecular formula is C13H22N4O. The maximum Gasteiger partial charge on any atom is 0.244 e. The van der Waals surface area contributed by atoms with E-state index in [-0.39, 0.29) is 17.5 Å². The number of rotatable bonds is 4. The third-order valence-electron chi connectivity index (χ3n) is 3.77. The molecule has 0 saturated heterocycles. The Hall–Kier alpha value is -1.36. The molecule has 1 amide bonds. The van der Waals surface area contributed by atoms with E-state index in [0.717, 1.165) is 12.8 Å². The molecule has 1 unspecified atom stereocenters. The summed E-state index contributed by atoms with van der Waals surface area (Å²) in [6.45, 7) is 2.41. The van der Waals surface area contributed by atoms with Crippen LogP contribution < -0.4 is 11.1 Å². The maximum atomic E-state index is 12.0. The van der Waals surface area contributed by atoms with E-state index >= 15 is 0 Å². The Morgan fingerprint density at radius 2 is 2.22 bits per heavy atom. The molecule has 1 atom stereocenters. The lowest BCUT2D eigenvalue weighted by Gasteiger charge is -2.33. The molecule has 5 heteroatoms. The molecule has 18 heavy (non-hydrogen) atoms. The van der Waals surface area contributed by atoms with E-state index in [1.165, 1.54) is 19.3 Å². The average molecular weight is 250 g/mol. The second-order valence-electron chi connectivity index (χ2n) is 5.30. The van der Waals surface area contributed by atoms with Crippen molar-refractivity contribution in [2.24, 2.45) is 5.73 Å². The number of carbonyl (C=O) groups is 1. The first-order valence-electron chi connectivity index (χ1n) is 6.66. The van der Waals surface area contributed by atoms with Crippen LogP contribution in [0.15, 0.2) is 18.5 Å². The summed E-state index contributed by atoms with van der Waals surface area (Å²) in [5.74, 6) is -0.0194. The van der Waals surface area contributed by atoms with Gasteiger partial charge in [-0.2, -0.15) is 5.10 Å². The van der Waals surface area contributed by atoms with Crippen LogP contribution in [-0.2, 0) is 4.79 Å². The summed E-state index contributed by atoms with van der Waals surface area (Å²) in [5, 5.41) is 7.03. The molecule has 5 nitrogen and oxygen atoms in total. The smallest absolute Gasteiger partial charge is 0.244 e. The molecule has 1 aliphatic carbocycles. The second kappa shape index (κ2) is 5.52. The minimum atomic E-state index is -0.285. The zero-order valence-electron chi connectivity index (χ0n) is 10.9. The minimum absolute atomic E-state index is 0.0194. The predicted molar refractivity (Wildman–Crippen MR) is 70.0 cm³/mol. The zero-order chi connectivity index (χ0) is 13.0. The van der Waals surface area contributed by atoms with Gasteiger partial charge in [0.2, 0.25) is 5.91 Å². The summed E-state index contributed by atoms with van der Waals surface area (Å²) in [4.78, 5) is 12.0. The molecule has 1 aromatic rings. The van der Waals surface area contributed by atoms with Crippen LogP contribution in [0, 0.1) is 0 Å². The zero-order valence-corrected chi connectivity index (χ0v) is 10.9. The number of hydrogen-bond acceptors (Lipinski definition) is 3. The van der Waals surface area contributed by atoms with Gasteiger partial charge in [0, 0.05) is 24.5 Å². The summed E-state index contributed by atoms with van der Waals surface area (Å²) in [7, 11) is 0. The Labute approximate surface area is 108 Å². The van der Waals surface area contributed by atoms with Gasteiger partial charge < -0.3 is 11.1 Å². The molecular weight excluding hydrogens is 228 g/mol. The Morgan fingerprint density at radius 3 is 2.83 bits per heavy atom. The van der Waals surface area contributed by atoms with Crippen LogP contribution >= 0.6 is 0 Å². The van der Waals surface area contributed by atoms with Gasteiger partial charge >= 0.3 is 0 Å². The quantitative estimate of drug-likeness (QED) is 0.844. The largest absolute Gasteiger partial charge is 0.352 e. The summed E-state index contributed by atoms with van der Waals surface area (Å²) < 4.78 is 1.65. The van der Waals surface area contributed by atoms with Crippen LogP contribution in [0.25, 0.3) is 0 Å². The fourth-order valence-corrected chi connectivity index (χ4v) is 2.47. The van der Waals surface area contributed by atoms with Crippen LogP contribution in [0.4, 0.5) is 0 Å². The third-order valence-corrected chi connectivity index (χ3v) is 3.77.